The summed E-state index contributed by atoms with van der Waals surface area (Å²) in [5.41, 5.74) is 1.15. The second-order valence-electron chi connectivity index (χ2n) is 3.38. The van der Waals surface area contributed by atoms with Crippen LogP contribution in [-0.2, 0) is 0 Å². The van der Waals surface area contributed by atoms with Gasteiger partial charge in [-0.2, -0.15) is 0 Å². The number of aromatic hydroxyl groups is 1. The maximum Gasteiger partial charge on any atom is 0.115 e. The van der Waals surface area contributed by atoms with Gasteiger partial charge >= 0.3 is 0 Å². The molecule has 0 radical (unpaired) electrons. The molecule has 2 heteroatoms. The van der Waals surface area contributed by atoms with Crippen molar-refractivity contribution in [1.29, 1.82) is 0 Å². The highest BCUT2D eigenvalue weighted by atomic mass is 16.3. The van der Waals surface area contributed by atoms with E-state index in [-0.39, 0.29) is 0 Å². The van der Waals surface area contributed by atoms with Crippen molar-refractivity contribution in [3.05, 3.63) is 24.3 Å². The summed E-state index contributed by atoms with van der Waals surface area (Å²) in [6.45, 7) is 4.36. The van der Waals surface area contributed by atoms with Crippen LogP contribution in [-0.4, -0.2) is 18.2 Å². The van der Waals surface area contributed by atoms with Gasteiger partial charge in [0.15, 0.2) is 0 Å². The number of phenols is 1. The van der Waals surface area contributed by atoms with Gasteiger partial charge in [-0.1, -0.05) is 6.92 Å². The summed E-state index contributed by atoms with van der Waals surface area (Å²) in [5, 5.41) is 9.12. The Kier molecular flexibility index (Phi) is 3.18. The van der Waals surface area contributed by atoms with Crippen LogP contribution in [0.15, 0.2) is 24.3 Å². The fourth-order valence-electron chi connectivity index (χ4n) is 1.22. The predicted molar refractivity (Wildman–Crippen MR) is 56.3 cm³/mol. The Morgan fingerprint density at radius 2 is 1.85 bits per heavy atom. The van der Waals surface area contributed by atoms with E-state index in [1.54, 1.807) is 12.1 Å². The van der Waals surface area contributed by atoms with Gasteiger partial charge in [-0.25, -0.2) is 0 Å². The predicted octanol–water partition coefficient (Wildman–Crippen LogP) is 2.63. The zero-order valence-electron chi connectivity index (χ0n) is 8.49. The van der Waals surface area contributed by atoms with E-state index in [2.05, 4.69) is 25.8 Å². The molecular formula is C11H17NO. The first-order chi connectivity index (χ1) is 6.15. The molecule has 0 spiro atoms. The third-order valence-corrected chi connectivity index (χ3v) is 2.51. The first-order valence-corrected chi connectivity index (χ1v) is 4.67. The smallest absolute Gasteiger partial charge is 0.115 e. The van der Waals surface area contributed by atoms with Crippen LogP contribution in [0.1, 0.15) is 20.3 Å². The average molecular weight is 179 g/mol. The molecule has 13 heavy (non-hydrogen) atoms. The van der Waals surface area contributed by atoms with E-state index in [4.69, 9.17) is 5.11 Å². The summed E-state index contributed by atoms with van der Waals surface area (Å²) in [7, 11) is 2.07. The lowest BCUT2D eigenvalue weighted by Crippen LogP contribution is -2.27. The Bertz CT molecular complexity index is 255. The lowest BCUT2D eigenvalue weighted by atomic mass is 10.2. The van der Waals surface area contributed by atoms with Gasteiger partial charge in [0.1, 0.15) is 5.75 Å². The molecule has 1 unspecified atom stereocenters. The largest absolute Gasteiger partial charge is 0.508 e. The topological polar surface area (TPSA) is 23.5 Å². The van der Waals surface area contributed by atoms with Crippen LogP contribution in [0.5, 0.6) is 5.75 Å². The Hall–Kier alpha value is -1.18. The molecule has 1 atom stereocenters. The third kappa shape index (κ3) is 2.38. The molecule has 0 fully saturated rings. The van der Waals surface area contributed by atoms with Crippen molar-refractivity contribution in [3.8, 4) is 5.75 Å². The number of benzene rings is 1. The van der Waals surface area contributed by atoms with E-state index in [1.807, 2.05) is 12.1 Å². The van der Waals surface area contributed by atoms with Gasteiger partial charge in [-0.05, 0) is 37.6 Å². The molecule has 0 aliphatic carbocycles. The minimum atomic E-state index is 0.321. The number of hydrogen-bond donors (Lipinski definition) is 1. The highest BCUT2D eigenvalue weighted by Gasteiger charge is 2.06. The van der Waals surface area contributed by atoms with Gasteiger partial charge in [0.2, 0.25) is 0 Å². The summed E-state index contributed by atoms with van der Waals surface area (Å²) in [6, 6.07) is 7.83. The van der Waals surface area contributed by atoms with E-state index < -0.39 is 0 Å². The van der Waals surface area contributed by atoms with E-state index >= 15 is 0 Å². The van der Waals surface area contributed by atoms with Crippen LogP contribution in [0.25, 0.3) is 0 Å². The van der Waals surface area contributed by atoms with Gasteiger partial charge in [-0.15, -0.1) is 0 Å². The lowest BCUT2D eigenvalue weighted by Gasteiger charge is -2.25. The van der Waals surface area contributed by atoms with Gasteiger partial charge in [0.25, 0.3) is 0 Å². The normalized spacial score (nSPS) is 12.5. The summed E-state index contributed by atoms with van der Waals surface area (Å²) in [4.78, 5) is 2.21. The number of hydrogen-bond acceptors (Lipinski definition) is 2. The molecule has 0 aromatic heterocycles. The molecule has 1 aromatic rings. The van der Waals surface area contributed by atoms with E-state index in [0.29, 0.717) is 11.8 Å². The first-order valence-electron chi connectivity index (χ1n) is 4.67. The molecule has 0 heterocycles. The number of rotatable bonds is 3. The monoisotopic (exact) mass is 179 g/mol. The standard InChI is InChI=1S/C11H17NO/c1-4-9(2)12(3)10-5-7-11(13)8-6-10/h5-9,13H,4H2,1-3H3. The Morgan fingerprint density at radius 3 is 2.31 bits per heavy atom. The fourth-order valence-corrected chi connectivity index (χ4v) is 1.22. The van der Waals surface area contributed by atoms with Crippen LogP contribution < -0.4 is 4.90 Å². The maximum atomic E-state index is 9.12. The summed E-state index contributed by atoms with van der Waals surface area (Å²) < 4.78 is 0. The number of phenolic OH excluding ortho intramolecular Hbond substituents is 1. The molecule has 0 aliphatic rings. The molecule has 0 amide bonds. The Labute approximate surface area is 79.8 Å². The summed E-state index contributed by atoms with van der Waals surface area (Å²) >= 11 is 0. The van der Waals surface area contributed by atoms with Gasteiger partial charge < -0.3 is 10.0 Å². The molecular weight excluding hydrogens is 162 g/mol. The van der Waals surface area contributed by atoms with E-state index in [1.165, 1.54) is 0 Å². The van der Waals surface area contributed by atoms with Gasteiger partial charge in [0.05, 0.1) is 0 Å². The van der Waals surface area contributed by atoms with Crippen LogP contribution in [0.2, 0.25) is 0 Å². The number of anilines is 1. The second-order valence-corrected chi connectivity index (χ2v) is 3.38. The molecule has 0 saturated heterocycles. The Morgan fingerprint density at radius 1 is 1.31 bits per heavy atom. The van der Waals surface area contributed by atoms with Crippen LogP contribution in [0, 0.1) is 0 Å². The fraction of sp³-hybridized carbons (Fsp3) is 0.455. The molecule has 0 saturated carbocycles. The van der Waals surface area contributed by atoms with Crippen molar-refractivity contribution in [2.24, 2.45) is 0 Å². The first kappa shape index (κ1) is 9.90. The zero-order chi connectivity index (χ0) is 9.84. The van der Waals surface area contributed by atoms with Crippen molar-refractivity contribution in [3.63, 3.8) is 0 Å². The maximum absolute atomic E-state index is 9.12. The Balaban J connectivity index is 2.77. The molecule has 0 bridgehead atoms. The number of nitrogens with zero attached hydrogens (tertiary/aromatic N) is 1. The quantitative estimate of drug-likeness (QED) is 0.771. The molecule has 1 rings (SSSR count). The molecule has 2 nitrogen and oxygen atoms in total. The van der Waals surface area contributed by atoms with Crippen LogP contribution in [0.3, 0.4) is 0 Å². The molecule has 0 aliphatic heterocycles. The lowest BCUT2D eigenvalue weighted by molar-refractivity contribution is 0.475. The molecule has 1 aromatic carbocycles. The zero-order valence-corrected chi connectivity index (χ0v) is 8.49. The van der Waals surface area contributed by atoms with E-state index in [9.17, 15) is 0 Å². The molecule has 1 N–H and O–H groups in total. The van der Waals surface area contributed by atoms with Gasteiger partial charge in [-0.3, -0.25) is 0 Å². The minimum Gasteiger partial charge on any atom is -0.508 e. The van der Waals surface area contributed by atoms with Crippen molar-refractivity contribution in [2.45, 2.75) is 26.3 Å². The van der Waals surface area contributed by atoms with Crippen LogP contribution >= 0.6 is 0 Å². The van der Waals surface area contributed by atoms with Crippen molar-refractivity contribution in [2.75, 3.05) is 11.9 Å². The van der Waals surface area contributed by atoms with Crippen molar-refractivity contribution >= 4 is 5.69 Å². The highest BCUT2D eigenvalue weighted by Crippen LogP contribution is 2.19. The van der Waals surface area contributed by atoms with Crippen molar-refractivity contribution in [1.82, 2.24) is 0 Å². The minimum absolute atomic E-state index is 0.321. The van der Waals surface area contributed by atoms with E-state index in [0.717, 1.165) is 12.1 Å². The summed E-state index contributed by atoms with van der Waals surface area (Å²) in [5.74, 6) is 0.321. The molecule has 72 valence electrons. The SMILES string of the molecule is CCC(C)N(C)c1ccc(O)cc1. The third-order valence-electron chi connectivity index (χ3n) is 2.51. The van der Waals surface area contributed by atoms with Crippen molar-refractivity contribution < 1.29 is 5.11 Å². The van der Waals surface area contributed by atoms with Gasteiger partial charge in [0, 0.05) is 18.8 Å². The average Bonchev–Trinajstić information content (AvgIpc) is 2.17. The van der Waals surface area contributed by atoms with Crippen LogP contribution in [0.4, 0.5) is 5.69 Å². The highest BCUT2D eigenvalue weighted by molar-refractivity contribution is 5.48. The second kappa shape index (κ2) is 4.17. The summed E-state index contributed by atoms with van der Waals surface area (Å²) in [6.07, 6.45) is 1.12.